The molecule has 1 heterocycles. The number of pyridine rings is 1. The topological polar surface area (TPSA) is 59.1 Å². The fourth-order valence-electron chi connectivity index (χ4n) is 1.92. The number of hydrogen-bond acceptors (Lipinski definition) is 4. The van der Waals surface area contributed by atoms with Gasteiger partial charge in [-0.1, -0.05) is 62.4 Å². The van der Waals surface area contributed by atoms with E-state index < -0.39 is 0 Å². The van der Waals surface area contributed by atoms with E-state index in [9.17, 15) is 9.59 Å². The summed E-state index contributed by atoms with van der Waals surface area (Å²) in [5.41, 5.74) is 0.344. The van der Waals surface area contributed by atoms with E-state index in [1.165, 1.54) is 49.6 Å². The van der Waals surface area contributed by atoms with E-state index in [0.29, 0.717) is 17.1 Å². The summed E-state index contributed by atoms with van der Waals surface area (Å²) in [5, 5.41) is 4.41. The fourth-order valence-corrected chi connectivity index (χ4v) is 2.78. The third-order valence-corrected chi connectivity index (χ3v) is 4.25. The van der Waals surface area contributed by atoms with Crippen LogP contribution < -0.4 is 5.32 Å². The second-order valence-corrected chi connectivity index (χ2v) is 6.41. The molecule has 0 aromatic carbocycles. The molecule has 1 aromatic rings. The molecular formula is C17H23ClN2O2S. The third-order valence-electron chi connectivity index (χ3n) is 3.21. The summed E-state index contributed by atoms with van der Waals surface area (Å²) in [6.07, 6.45) is 11.4. The maximum absolute atomic E-state index is 11.9. The zero-order valence-corrected chi connectivity index (χ0v) is 15.0. The fraction of sp³-hybridized carbons (Fsp3) is 0.471. The van der Waals surface area contributed by atoms with Crippen molar-refractivity contribution in [3.63, 3.8) is 0 Å². The number of aromatic nitrogens is 1. The number of halogens is 1. The molecule has 126 valence electrons. The highest BCUT2D eigenvalue weighted by Crippen LogP contribution is 2.20. The number of thioether (sulfide) groups is 1. The molecule has 0 aliphatic rings. The van der Waals surface area contributed by atoms with Gasteiger partial charge in [0.1, 0.15) is 0 Å². The van der Waals surface area contributed by atoms with Crippen LogP contribution in [0.3, 0.4) is 0 Å². The summed E-state index contributed by atoms with van der Waals surface area (Å²) in [6.45, 7) is 2.86. The Bertz CT molecular complexity index is 535. The lowest BCUT2D eigenvalue weighted by molar-refractivity contribution is -0.116. The van der Waals surface area contributed by atoms with Crippen LogP contribution in [0.4, 0.5) is 0 Å². The molecule has 6 heteroatoms. The molecule has 1 rings (SSSR count). The highest BCUT2D eigenvalue weighted by Gasteiger charge is 2.09. The van der Waals surface area contributed by atoms with Crippen molar-refractivity contribution in [1.82, 2.24) is 10.3 Å². The van der Waals surface area contributed by atoms with Gasteiger partial charge in [0.05, 0.1) is 10.6 Å². The van der Waals surface area contributed by atoms with E-state index in [1.54, 1.807) is 6.07 Å². The average molecular weight is 355 g/mol. The molecule has 0 saturated heterocycles. The van der Waals surface area contributed by atoms with Gasteiger partial charge in [-0.05, 0) is 17.9 Å². The molecule has 0 aliphatic heterocycles. The lowest BCUT2D eigenvalue weighted by Gasteiger charge is -2.02. The number of carbonyl (C=O) groups excluding carboxylic acids is 2. The highest BCUT2D eigenvalue weighted by molar-refractivity contribution is 8.16. The van der Waals surface area contributed by atoms with Crippen LogP contribution in [-0.2, 0) is 4.79 Å². The van der Waals surface area contributed by atoms with E-state index in [0.717, 1.165) is 24.6 Å². The zero-order valence-electron chi connectivity index (χ0n) is 13.4. The molecule has 4 nitrogen and oxygen atoms in total. The van der Waals surface area contributed by atoms with Crippen molar-refractivity contribution in [1.29, 1.82) is 0 Å². The number of rotatable bonds is 10. The molecule has 1 aromatic heterocycles. The van der Waals surface area contributed by atoms with Crippen LogP contribution in [0.25, 0.3) is 0 Å². The number of hydrogen-bond donors (Lipinski definition) is 1. The smallest absolute Gasteiger partial charge is 0.244 e. The summed E-state index contributed by atoms with van der Waals surface area (Å²) in [5.74, 6) is -0.184. The summed E-state index contributed by atoms with van der Waals surface area (Å²) in [6, 6.07) is 1.56. The van der Waals surface area contributed by atoms with Crippen LogP contribution in [0.15, 0.2) is 29.9 Å². The van der Waals surface area contributed by atoms with Gasteiger partial charge in [-0.15, -0.1) is 0 Å². The number of nitrogens with zero attached hydrogens (tertiary/aromatic N) is 1. The molecule has 0 radical (unpaired) electrons. The van der Waals surface area contributed by atoms with Gasteiger partial charge in [-0.25, -0.2) is 0 Å². The van der Waals surface area contributed by atoms with Crippen LogP contribution in [0, 0.1) is 0 Å². The van der Waals surface area contributed by atoms with Gasteiger partial charge in [0.25, 0.3) is 0 Å². The number of nitrogens with one attached hydrogen (secondary N) is 1. The van der Waals surface area contributed by atoms with Crippen LogP contribution >= 0.6 is 23.4 Å². The van der Waals surface area contributed by atoms with Gasteiger partial charge < -0.3 is 5.32 Å². The molecule has 0 saturated carbocycles. The van der Waals surface area contributed by atoms with Gasteiger partial charge in [0.2, 0.25) is 11.0 Å². The summed E-state index contributed by atoms with van der Waals surface area (Å²) >= 11 is 6.83. The van der Waals surface area contributed by atoms with E-state index in [-0.39, 0.29) is 11.0 Å². The monoisotopic (exact) mass is 354 g/mol. The minimum Gasteiger partial charge on any atom is -0.353 e. The minimum atomic E-state index is -0.233. The predicted molar refractivity (Wildman–Crippen MR) is 96.7 cm³/mol. The Morgan fingerprint density at radius 2 is 2.00 bits per heavy atom. The molecular weight excluding hydrogens is 332 g/mol. The van der Waals surface area contributed by atoms with Crippen molar-refractivity contribution in [2.24, 2.45) is 0 Å². The Morgan fingerprint density at radius 3 is 2.74 bits per heavy atom. The second-order valence-electron chi connectivity index (χ2n) is 5.12. The van der Waals surface area contributed by atoms with Crippen molar-refractivity contribution in [3.8, 4) is 0 Å². The molecule has 0 atom stereocenters. The molecule has 0 spiro atoms. The minimum absolute atomic E-state index is 0.184. The highest BCUT2D eigenvalue weighted by atomic mass is 35.5. The van der Waals surface area contributed by atoms with Gasteiger partial charge in [0, 0.05) is 25.0 Å². The van der Waals surface area contributed by atoms with Gasteiger partial charge >= 0.3 is 0 Å². The molecule has 0 fully saturated rings. The van der Waals surface area contributed by atoms with E-state index >= 15 is 0 Å². The average Bonchev–Trinajstić information content (AvgIpc) is 2.54. The summed E-state index contributed by atoms with van der Waals surface area (Å²) in [4.78, 5) is 27.4. The molecule has 0 bridgehead atoms. The number of carbonyl (C=O) groups is 2. The first kappa shape index (κ1) is 19.7. The molecule has 0 aliphatic carbocycles. The van der Waals surface area contributed by atoms with E-state index in [1.807, 2.05) is 0 Å². The Labute approximate surface area is 147 Å². The zero-order chi connectivity index (χ0) is 16.9. The second kappa shape index (κ2) is 12.1. The SMILES string of the molecule is CCCCCCCCNC(=O)C=CSC(=O)c1cnccc1Cl. The van der Waals surface area contributed by atoms with Gasteiger partial charge in [-0.3, -0.25) is 14.6 Å². The normalized spacial score (nSPS) is 10.9. The van der Waals surface area contributed by atoms with Crippen LogP contribution in [0.2, 0.25) is 5.02 Å². The largest absolute Gasteiger partial charge is 0.353 e. The van der Waals surface area contributed by atoms with Crippen molar-refractivity contribution in [3.05, 3.63) is 40.5 Å². The third kappa shape index (κ3) is 8.77. The maximum atomic E-state index is 11.9. The Morgan fingerprint density at radius 1 is 1.26 bits per heavy atom. The quantitative estimate of drug-likeness (QED) is 0.492. The van der Waals surface area contributed by atoms with E-state index in [4.69, 9.17) is 11.6 Å². The number of amides is 1. The van der Waals surface area contributed by atoms with Crippen molar-refractivity contribution >= 4 is 34.4 Å². The lowest BCUT2D eigenvalue weighted by atomic mass is 10.1. The van der Waals surface area contributed by atoms with Crippen LogP contribution in [0.1, 0.15) is 55.8 Å². The van der Waals surface area contributed by atoms with Gasteiger partial charge in [-0.2, -0.15) is 0 Å². The predicted octanol–water partition coefficient (Wildman–Crippen LogP) is 4.60. The first-order valence-electron chi connectivity index (χ1n) is 7.90. The molecule has 1 amide bonds. The molecule has 23 heavy (non-hydrogen) atoms. The first-order chi connectivity index (χ1) is 11.1. The summed E-state index contributed by atoms with van der Waals surface area (Å²) < 4.78 is 0. The lowest BCUT2D eigenvalue weighted by Crippen LogP contribution is -2.21. The first-order valence-corrected chi connectivity index (χ1v) is 9.15. The van der Waals surface area contributed by atoms with Crippen LogP contribution in [-0.4, -0.2) is 22.6 Å². The Kier molecular flexibility index (Phi) is 10.4. The maximum Gasteiger partial charge on any atom is 0.244 e. The van der Waals surface area contributed by atoms with E-state index in [2.05, 4.69) is 17.2 Å². The summed E-state index contributed by atoms with van der Waals surface area (Å²) in [7, 11) is 0. The van der Waals surface area contributed by atoms with Crippen LogP contribution in [0.5, 0.6) is 0 Å². The van der Waals surface area contributed by atoms with Crippen molar-refractivity contribution in [2.45, 2.75) is 45.4 Å². The van der Waals surface area contributed by atoms with Crippen molar-refractivity contribution in [2.75, 3.05) is 6.54 Å². The molecule has 1 N–H and O–H groups in total. The Balaban J connectivity index is 2.18. The number of unbranched alkanes of at least 4 members (excludes halogenated alkanes) is 5. The Hall–Kier alpha value is -1.33. The van der Waals surface area contributed by atoms with Crippen molar-refractivity contribution < 1.29 is 9.59 Å². The van der Waals surface area contributed by atoms with Gasteiger partial charge in [0.15, 0.2) is 0 Å². The standard InChI is InChI=1S/C17H23ClN2O2S/c1-2-3-4-5-6-7-10-20-16(21)9-12-23-17(22)14-13-19-11-8-15(14)18/h8-9,11-13H,2-7,10H2,1H3,(H,20,21). The molecule has 0 unspecified atom stereocenters.